The number of hydrogen-bond acceptors (Lipinski definition) is 3. The van der Waals surface area contributed by atoms with Crippen LogP contribution in [0.2, 0.25) is 0 Å². The van der Waals surface area contributed by atoms with E-state index in [9.17, 15) is 9.59 Å². The van der Waals surface area contributed by atoms with Crippen molar-refractivity contribution in [2.45, 2.75) is 39.2 Å². The average molecular weight is 217 g/mol. The summed E-state index contributed by atoms with van der Waals surface area (Å²) < 4.78 is 5.23. The number of carbonyl (C=O) groups is 2. The standard InChI is InChI=1S/C10H19NO4/c1-3-15-8(2)7-11-9(12)5-4-6-10(13)14/h8H,3-7H2,1-2H3,(H,11,12)(H,13,14). The number of aliphatic carboxylic acids is 1. The molecule has 0 rings (SSSR count). The number of carbonyl (C=O) groups excluding carboxylic acids is 1. The van der Waals surface area contributed by atoms with Crippen LogP contribution in [0.1, 0.15) is 33.1 Å². The molecule has 88 valence electrons. The third kappa shape index (κ3) is 9.21. The topological polar surface area (TPSA) is 75.6 Å². The molecule has 0 saturated heterocycles. The zero-order valence-electron chi connectivity index (χ0n) is 9.28. The average Bonchev–Trinajstić information content (AvgIpc) is 2.14. The molecule has 0 saturated carbocycles. The molecule has 1 unspecified atom stereocenters. The first kappa shape index (κ1) is 13.9. The molecule has 0 aliphatic rings. The second-order valence-corrected chi connectivity index (χ2v) is 3.32. The summed E-state index contributed by atoms with van der Waals surface area (Å²) in [4.78, 5) is 21.4. The van der Waals surface area contributed by atoms with E-state index in [4.69, 9.17) is 9.84 Å². The van der Waals surface area contributed by atoms with Gasteiger partial charge in [-0.25, -0.2) is 0 Å². The minimum Gasteiger partial charge on any atom is -0.481 e. The van der Waals surface area contributed by atoms with E-state index in [-0.39, 0.29) is 24.9 Å². The van der Waals surface area contributed by atoms with Crippen LogP contribution in [0.4, 0.5) is 0 Å². The lowest BCUT2D eigenvalue weighted by molar-refractivity contribution is -0.137. The fourth-order valence-corrected chi connectivity index (χ4v) is 1.09. The molecule has 0 aliphatic heterocycles. The molecule has 1 amide bonds. The lowest BCUT2D eigenvalue weighted by Gasteiger charge is -2.12. The van der Waals surface area contributed by atoms with E-state index in [2.05, 4.69) is 5.32 Å². The minimum absolute atomic E-state index is 0.00146. The van der Waals surface area contributed by atoms with Gasteiger partial charge in [0, 0.05) is 26.0 Å². The molecule has 0 aromatic carbocycles. The normalized spacial score (nSPS) is 12.1. The van der Waals surface area contributed by atoms with Gasteiger partial charge < -0.3 is 15.2 Å². The molecular weight excluding hydrogens is 198 g/mol. The van der Waals surface area contributed by atoms with Crippen molar-refractivity contribution in [2.75, 3.05) is 13.2 Å². The molecule has 0 bridgehead atoms. The Labute approximate surface area is 89.8 Å². The molecule has 1 atom stereocenters. The molecule has 15 heavy (non-hydrogen) atoms. The van der Waals surface area contributed by atoms with Crippen LogP contribution in [0, 0.1) is 0 Å². The Hall–Kier alpha value is -1.10. The van der Waals surface area contributed by atoms with Crippen molar-refractivity contribution in [3.63, 3.8) is 0 Å². The van der Waals surface area contributed by atoms with E-state index in [1.54, 1.807) is 0 Å². The number of amides is 1. The Morgan fingerprint density at radius 3 is 2.60 bits per heavy atom. The van der Waals surface area contributed by atoms with Crippen molar-refractivity contribution in [1.82, 2.24) is 5.32 Å². The van der Waals surface area contributed by atoms with Crippen LogP contribution in [0.25, 0.3) is 0 Å². The third-order valence-electron chi connectivity index (χ3n) is 1.83. The van der Waals surface area contributed by atoms with Gasteiger partial charge in [-0.05, 0) is 20.3 Å². The molecule has 0 aromatic heterocycles. The molecular formula is C10H19NO4. The molecule has 2 N–H and O–H groups in total. The van der Waals surface area contributed by atoms with Crippen LogP contribution in [0.15, 0.2) is 0 Å². The van der Waals surface area contributed by atoms with E-state index in [1.807, 2.05) is 13.8 Å². The smallest absolute Gasteiger partial charge is 0.303 e. The first-order valence-electron chi connectivity index (χ1n) is 5.16. The predicted octanol–water partition coefficient (Wildman–Crippen LogP) is 0.782. The van der Waals surface area contributed by atoms with Crippen LogP contribution in [0.3, 0.4) is 0 Å². The lowest BCUT2D eigenvalue weighted by Crippen LogP contribution is -2.31. The summed E-state index contributed by atoms with van der Waals surface area (Å²) >= 11 is 0. The Balaban J connectivity index is 3.44. The van der Waals surface area contributed by atoms with Crippen molar-refractivity contribution in [3.05, 3.63) is 0 Å². The molecule has 5 nitrogen and oxygen atoms in total. The molecule has 0 aliphatic carbocycles. The molecule has 0 fully saturated rings. The van der Waals surface area contributed by atoms with Gasteiger partial charge >= 0.3 is 5.97 Å². The third-order valence-corrected chi connectivity index (χ3v) is 1.83. The van der Waals surface area contributed by atoms with Crippen molar-refractivity contribution >= 4 is 11.9 Å². The van der Waals surface area contributed by atoms with Gasteiger partial charge in [0.05, 0.1) is 6.10 Å². The van der Waals surface area contributed by atoms with Gasteiger partial charge in [0.25, 0.3) is 0 Å². The highest BCUT2D eigenvalue weighted by molar-refractivity contribution is 5.76. The van der Waals surface area contributed by atoms with Crippen LogP contribution in [-0.4, -0.2) is 36.2 Å². The van der Waals surface area contributed by atoms with Crippen molar-refractivity contribution in [3.8, 4) is 0 Å². The van der Waals surface area contributed by atoms with Crippen LogP contribution in [0.5, 0.6) is 0 Å². The summed E-state index contributed by atoms with van der Waals surface area (Å²) in [5.74, 6) is -0.992. The van der Waals surface area contributed by atoms with Gasteiger partial charge in [-0.3, -0.25) is 9.59 Å². The van der Waals surface area contributed by atoms with Gasteiger partial charge in [-0.15, -0.1) is 0 Å². The highest BCUT2D eigenvalue weighted by atomic mass is 16.5. The SMILES string of the molecule is CCOC(C)CNC(=O)CCCC(=O)O. The summed E-state index contributed by atoms with van der Waals surface area (Å²) in [6.45, 7) is 4.86. The summed E-state index contributed by atoms with van der Waals surface area (Å²) in [6.07, 6.45) is 0.669. The zero-order chi connectivity index (χ0) is 11.7. The maximum absolute atomic E-state index is 11.2. The number of rotatable bonds is 8. The Bertz CT molecular complexity index is 206. The van der Waals surface area contributed by atoms with Crippen molar-refractivity contribution in [2.24, 2.45) is 0 Å². The summed E-state index contributed by atoms with van der Waals surface area (Å²) in [6, 6.07) is 0. The maximum Gasteiger partial charge on any atom is 0.303 e. The predicted molar refractivity (Wildman–Crippen MR) is 55.6 cm³/mol. The van der Waals surface area contributed by atoms with E-state index < -0.39 is 5.97 Å². The lowest BCUT2D eigenvalue weighted by atomic mass is 10.2. The molecule has 5 heteroatoms. The Kier molecular flexibility index (Phi) is 7.62. The fourth-order valence-electron chi connectivity index (χ4n) is 1.09. The van der Waals surface area contributed by atoms with Gasteiger partial charge in [0.1, 0.15) is 0 Å². The summed E-state index contributed by atoms with van der Waals surface area (Å²) in [5, 5.41) is 11.0. The van der Waals surface area contributed by atoms with Crippen LogP contribution < -0.4 is 5.32 Å². The van der Waals surface area contributed by atoms with E-state index >= 15 is 0 Å². The van der Waals surface area contributed by atoms with Crippen LogP contribution >= 0.6 is 0 Å². The quantitative estimate of drug-likeness (QED) is 0.630. The highest BCUT2D eigenvalue weighted by Crippen LogP contribution is 1.95. The summed E-state index contributed by atoms with van der Waals surface area (Å²) in [5.41, 5.74) is 0. The van der Waals surface area contributed by atoms with Crippen molar-refractivity contribution in [1.29, 1.82) is 0 Å². The molecule has 0 spiro atoms. The van der Waals surface area contributed by atoms with E-state index in [0.29, 0.717) is 19.6 Å². The number of nitrogens with one attached hydrogen (secondary N) is 1. The van der Waals surface area contributed by atoms with Crippen molar-refractivity contribution < 1.29 is 19.4 Å². The molecule has 0 aromatic rings. The fraction of sp³-hybridized carbons (Fsp3) is 0.800. The van der Waals surface area contributed by atoms with Gasteiger partial charge in [-0.1, -0.05) is 0 Å². The Morgan fingerprint density at radius 2 is 2.07 bits per heavy atom. The maximum atomic E-state index is 11.2. The first-order chi connectivity index (χ1) is 7.06. The number of carboxylic acids is 1. The summed E-state index contributed by atoms with van der Waals surface area (Å²) in [7, 11) is 0. The minimum atomic E-state index is -0.870. The zero-order valence-corrected chi connectivity index (χ0v) is 9.28. The van der Waals surface area contributed by atoms with Gasteiger partial charge in [-0.2, -0.15) is 0 Å². The van der Waals surface area contributed by atoms with Gasteiger partial charge in [0.2, 0.25) is 5.91 Å². The number of carboxylic acid groups (broad SMARTS) is 1. The number of hydrogen-bond donors (Lipinski definition) is 2. The monoisotopic (exact) mass is 217 g/mol. The van der Waals surface area contributed by atoms with E-state index in [1.165, 1.54) is 0 Å². The molecule has 0 heterocycles. The second kappa shape index (κ2) is 8.23. The molecule has 0 radical (unpaired) electrons. The highest BCUT2D eigenvalue weighted by Gasteiger charge is 2.06. The van der Waals surface area contributed by atoms with E-state index in [0.717, 1.165) is 0 Å². The Morgan fingerprint density at radius 1 is 1.40 bits per heavy atom. The largest absolute Gasteiger partial charge is 0.481 e. The number of ether oxygens (including phenoxy) is 1. The van der Waals surface area contributed by atoms with Gasteiger partial charge in [0.15, 0.2) is 0 Å². The first-order valence-corrected chi connectivity index (χ1v) is 5.16. The second-order valence-electron chi connectivity index (χ2n) is 3.32. The van der Waals surface area contributed by atoms with Crippen LogP contribution in [-0.2, 0) is 14.3 Å².